The molecule has 2 heterocycles. The number of Topliss-reactive ketones (excluding diaryl/α,β-unsaturated/α-hetero) is 1. The smallest absolute Gasteiger partial charge is 0.175 e. The van der Waals surface area contributed by atoms with Gasteiger partial charge in [-0.1, -0.05) is 37.3 Å². The largest absolute Gasteiger partial charge is 0.368 e. The zero-order chi connectivity index (χ0) is 21.0. The van der Waals surface area contributed by atoms with Crippen LogP contribution in [0.1, 0.15) is 38.4 Å². The molecule has 0 radical (unpaired) electrons. The fraction of sp³-hybridized carbons (Fsp3) is 0.333. The molecule has 3 rings (SSSR count). The first kappa shape index (κ1) is 20.8. The number of benzene rings is 1. The Balaban J connectivity index is 1.89. The molecule has 1 aromatic carbocycles. The van der Waals surface area contributed by atoms with Gasteiger partial charge in [0.15, 0.2) is 12.0 Å². The van der Waals surface area contributed by atoms with Crippen molar-refractivity contribution in [1.82, 2.24) is 9.78 Å². The van der Waals surface area contributed by atoms with E-state index in [1.54, 1.807) is 6.08 Å². The van der Waals surface area contributed by atoms with E-state index in [0.29, 0.717) is 6.54 Å². The number of alkyl halides is 1. The topological polar surface area (TPSA) is 38.1 Å². The summed E-state index contributed by atoms with van der Waals surface area (Å²) in [4.78, 5) is 13.3. The van der Waals surface area contributed by atoms with Crippen LogP contribution in [0.5, 0.6) is 0 Å². The number of rotatable bonds is 6. The number of halogens is 1. The fourth-order valence-corrected chi connectivity index (χ4v) is 3.51. The van der Waals surface area contributed by atoms with Crippen molar-refractivity contribution in [3.8, 4) is 5.69 Å². The van der Waals surface area contributed by atoms with Crippen LogP contribution in [0, 0.1) is 0 Å². The first-order valence-electron chi connectivity index (χ1n) is 10.0. The van der Waals surface area contributed by atoms with Crippen LogP contribution in [0.4, 0.5) is 10.1 Å². The van der Waals surface area contributed by atoms with Crippen LogP contribution in [-0.4, -0.2) is 34.8 Å². The Morgan fingerprint density at radius 2 is 1.97 bits per heavy atom. The Morgan fingerprint density at radius 1 is 1.28 bits per heavy atom. The molecule has 0 N–H and O–H groups in total. The highest BCUT2D eigenvalue weighted by Crippen LogP contribution is 2.26. The van der Waals surface area contributed by atoms with Crippen molar-refractivity contribution in [2.24, 2.45) is 0 Å². The van der Waals surface area contributed by atoms with Crippen molar-refractivity contribution in [3.63, 3.8) is 0 Å². The van der Waals surface area contributed by atoms with Crippen LogP contribution >= 0.6 is 0 Å². The second-order valence-electron chi connectivity index (χ2n) is 7.46. The van der Waals surface area contributed by atoms with Gasteiger partial charge in [0.25, 0.3) is 0 Å². The molecule has 1 fully saturated rings. The molecular weight excluding hydrogens is 365 g/mol. The molecule has 1 aromatic heterocycles. The zero-order valence-electron chi connectivity index (χ0n) is 17.4. The average Bonchev–Trinajstić information content (AvgIpc) is 3.14. The monoisotopic (exact) mass is 393 g/mol. The zero-order valence-corrected chi connectivity index (χ0v) is 17.4. The minimum absolute atomic E-state index is 0.129. The Kier molecular flexibility index (Phi) is 6.47. The van der Waals surface area contributed by atoms with Crippen LogP contribution in [0.25, 0.3) is 11.3 Å². The molecule has 5 heteroatoms. The summed E-state index contributed by atoms with van der Waals surface area (Å²) in [5.41, 5.74) is 6.31. The van der Waals surface area contributed by atoms with Crippen molar-refractivity contribution in [2.75, 3.05) is 18.0 Å². The maximum atomic E-state index is 13.8. The number of aromatic nitrogens is 2. The molecule has 1 aliphatic rings. The Hall–Kier alpha value is -2.95. The van der Waals surface area contributed by atoms with Gasteiger partial charge in [0.05, 0.1) is 17.9 Å². The maximum absolute atomic E-state index is 13.8. The van der Waals surface area contributed by atoms with Gasteiger partial charge in [-0.3, -0.25) is 4.79 Å². The highest BCUT2D eigenvalue weighted by Gasteiger charge is 2.26. The highest BCUT2D eigenvalue weighted by molar-refractivity contribution is 5.85. The average molecular weight is 394 g/mol. The highest BCUT2D eigenvalue weighted by atomic mass is 19.1. The summed E-state index contributed by atoms with van der Waals surface area (Å²) in [5, 5.41) is 4.84. The van der Waals surface area contributed by atoms with Gasteiger partial charge in [0.1, 0.15) is 0 Å². The summed E-state index contributed by atoms with van der Waals surface area (Å²) in [7, 11) is 0. The number of hydrogen-bond donors (Lipinski definition) is 0. The number of ketones is 1. The molecule has 0 aliphatic carbocycles. The van der Waals surface area contributed by atoms with E-state index in [1.807, 2.05) is 46.0 Å². The molecule has 2 aromatic rings. The summed E-state index contributed by atoms with van der Waals surface area (Å²) in [5.74, 6) is -0.297. The third-order valence-electron chi connectivity index (χ3n) is 5.20. The first-order chi connectivity index (χ1) is 13.9. The Labute approximate surface area is 172 Å². The first-order valence-corrected chi connectivity index (χ1v) is 10.0. The van der Waals surface area contributed by atoms with Gasteiger partial charge < -0.3 is 4.90 Å². The second kappa shape index (κ2) is 9.03. The summed E-state index contributed by atoms with van der Waals surface area (Å²) in [6.07, 6.45) is 7.54. The van der Waals surface area contributed by atoms with Crippen molar-refractivity contribution >= 4 is 17.0 Å². The number of carbonyl (C=O) groups is 1. The van der Waals surface area contributed by atoms with Gasteiger partial charge in [0.2, 0.25) is 0 Å². The predicted molar refractivity (Wildman–Crippen MR) is 117 cm³/mol. The molecule has 0 bridgehead atoms. The molecule has 1 aliphatic heterocycles. The standard InChI is InChI=1S/C24H28FN3O/c1-5-7-8-21(17(3)4)24-18(6-2)15-28(26-24)20-11-9-19(10-12-20)27-14-13-23(29)22(25)16-27/h5,7-12,15,22H,1,6,13-14,16H2,2-4H3/b8-7-. The molecule has 1 saturated heterocycles. The van der Waals surface area contributed by atoms with Gasteiger partial charge in [-0.05, 0) is 50.1 Å². The lowest BCUT2D eigenvalue weighted by Crippen LogP contribution is -2.42. The lowest BCUT2D eigenvalue weighted by atomic mass is 10.0. The van der Waals surface area contributed by atoms with E-state index in [-0.39, 0.29) is 18.7 Å². The molecule has 1 unspecified atom stereocenters. The number of carbonyl (C=O) groups excluding carboxylic acids is 1. The SMILES string of the molecule is C=C/C=C\C(=C(C)C)c1nn(-c2ccc(N3CCC(=O)C(F)C3)cc2)cc1CC. The number of allylic oxidation sites excluding steroid dienone is 5. The third-order valence-corrected chi connectivity index (χ3v) is 5.20. The van der Waals surface area contributed by atoms with Crippen LogP contribution < -0.4 is 4.90 Å². The van der Waals surface area contributed by atoms with Crippen LogP contribution in [0.15, 0.2) is 60.8 Å². The Morgan fingerprint density at radius 3 is 2.55 bits per heavy atom. The predicted octanol–water partition coefficient (Wildman–Crippen LogP) is 5.09. The Bertz CT molecular complexity index is 949. The molecule has 1 atom stereocenters. The quantitative estimate of drug-likeness (QED) is 0.642. The van der Waals surface area contributed by atoms with Crippen molar-refractivity contribution in [1.29, 1.82) is 0 Å². The van der Waals surface area contributed by atoms with Gasteiger partial charge in [0, 0.05) is 30.4 Å². The minimum atomic E-state index is -1.39. The number of piperidine rings is 1. The van der Waals surface area contributed by atoms with Crippen LogP contribution in [0.2, 0.25) is 0 Å². The van der Waals surface area contributed by atoms with Crippen molar-refractivity contribution in [3.05, 3.63) is 72.1 Å². The van der Waals surface area contributed by atoms with E-state index in [9.17, 15) is 9.18 Å². The van der Waals surface area contributed by atoms with E-state index < -0.39 is 6.17 Å². The van der Waals surface area contributed by atoms with Gasteiger partial charge in [-0.15, -0.1) is 0 Å². The molecule has 152 valence electrons. The lowest BCUT2D eigenvalue weighted by molar-refractivity contribution is -0.124. The number of hydrogen-bond acceptors (Lipinski definition) is 3. The molecule has 4 nitrogen and oxygen atoms in total. The van der Waals surface area contributed by atoms with Crippen molar-refractivity contribution in [2.45, 2.75) is 39.8 Å². The van der Waals surface area contributed by atoms with Crippen molar-refractivity contribution < 1.29 is 9.18 Å². The summed E-state index contributed by atoms with van der Waals surface area (Å²) >= 11 is 0. The summed E-state index contributed by atoms with van der Waals surface area (Å²) in [6, 6.07) is 7.89. The van der Waals surface area contributed by atoms with Crippen LogP contribution in [0.3, 0.4) is 0 Å². The van der Waals surface area contributed by atoms with Gasteiger partial charge in [-0.25, -0.2) is 9.07 Å². The minimum Gasteiger partial charge on any atom is -0.368 e. The van der Waals surface area contributed by atoms with E-state index in [0.717, 1.165) is 29.1 Å². The van der Waals surface area contributed by atoms with E-state index in [4.69, 9.17) is 5.10 Å². The normalized spacial score (nSPS) is 17.0. The second-order valence-corrected chi connectivity index (χ2v) is 7.46. The molecule has 0 spiro atoms. The van der Waals surface area contributed by atoms with Gasteiger partial charge >= 0.3 is 0 Å². The number of nitrogens with zero attached hydrogens (tertiary/aromatic N) is 3. The van der Waals surface area contributed by atoms with E-state index in [2.05, 4.69) is 33.5 Å². The lowest BCUT2D eigenvalue weighted by Gasteiger charge is -2.30. The maximum Gasteiger partial charge on any atom is 0.175 e. The van der Waals surface area contributed by atoms with E-state index in [1.165, 1.54) is 11.1 Å². The summed E-state index contributed by atoms with van der Waals surface area (Å²) < 4.78 is 15.6. The summed E-state index contributed by atoms with van der Waals surface area (Å²) in [6.45, 7) is 10.7. The van der Waals surface area contributed by atoms with Crippen LogP contribution in [-0.2, 0) is 11.2 Å². The molecule has 0 saturated carbocycles. The molecule has 29 heavy (non-hydrogen) atoms. The number of anilines is 1. The van der Waals surface area contributed by atoms with Gasteiger partial charge in [-0.2, -0.15) is 5.10 Å². The number of aryl methyl sites for hydroxylation is 1. The third kappa shape index (κ3) is 4.56. The molecular formula is C24H28FN3O. The van der Waals surface area contributed by atoms with E-state index >= 15 is 0 Å². The fourth-order valence-electron chi connectivity index (χ4n) is 3.51. The molecule has 0 amide bonds.